The van der Waals surface area contributed by atoms with Gasteiger partial charge < -0.3 is 19.5 Å². The molecule has 0 aromatic heterocycles. The second-order valence-corrected chi connectivity index (χ2v) is 5.96. The van der Waals surface area contributed by atoms with E-state index in [1.807, 2.05) is 0 Å². The number of halogens is 1. The van der Waals surface area contributed by atoms with Crippen molar-refractivity contribution >= 4 is 5.91 Å². The van der Waals surface area contributed by atoms with E-state index in [4.69, 9.17) is 9.47 Å². The van der Waals surface area contributed by atoms with Crippen LogP contribution in [0.3, 0.4) is 0 Å². The maximum Gasteiger partial charge on any atom is 0.258 e. The molecule has 6 heteroatoms. The lowest BCUT2D eigenvalue weighted by Crippen LogP contribution is -2.32. The van der Waals surface area contributed by atoms with Crippen LogP contribution in [0.2, 0.25) is 0 Å². The number of β-amino-alcohol motifs (C(OH)–C–C–N with tert-alkyl or cyclic N) is 1. The number of aliphatic hydroxyl groups excluding tert-OH is 1. The van der Waals surface area contributed by atoms with Gasteiger partial charge in [0.2, 0.25) is 0 Å². The number of rotatable bonds is 4. The van der Waals surface area contributed by atoms with Crippen LogP contribution >= 0.6 is 0 Å². The van der Waals surface area contributed by atoms with Gasteiger partial charge in [0.15, 0.2) is 11.5 Å². The summed E-state index contributed by atoms with van der Waals surface area (Å²) in [6, 6.07) is 10.8. The lowest BCUT2D eigenvalue weighted by molar-refractivity contribution is 0.0711. The Morgan fingerprint density at radius 1 is 1.20 bits per heavy atom. The van der Waals surface area contributed by atoms with Crippen LogP contribution in [0.15, 0.2) is 42.5 Å². The molecular formula is C19H20FNO4. The summed E-state index contributed by atoms with van der Waals surface area (Å²) < 4.78 is 24.2. The first-order valence-electron chi connectivity index (χ1n) is 8.00. The SMILES string of the molecule is COc1cccc(C(=O)N2C[C@@H](O)C[C@H]2c2cccc(F)c2)c1OC. The molecule has 1 aliphatic heterocycles. The van der Waals surface area contributed by atoms with Gasteiger partial charge in [-0.1, -0.05) is 18.2 Å². The minimum absolute atomic E-state index is 0.181. The highest BCUT2D eigenvalue weighted by Gasteiger charge is 2.37. The normalized spacial score (nSPS) is 19.8. The molecule has 132 valence electrons. The van der Waals surface area contributed by atoms with Gasteiger partial charge in [-0.05, 0) is 36.2 Å². The summed E-state index contributed by atoms with van der Waals surface area (Å²) in [6.45, 7) is 0.181. The number of benzene rings is 2. The number of ether oxygens (including phenoxy) is 2. The smallest absolute Gasteiger partial charge is 0.258 e. The van der Waals surface area contributed by atoms with Gasteiger partial charge in [-0.3, -0.25) is 4.79 Å². The third-order valence-electron chi connectivity index (χ3n) is 4.41. The number of hydrogen-bond acceptors (Lipinski definition) is 4. The Balaban J connectivity index is 1.98. The van der Waals surface area contributed by atoms with Crippen molar-refractivity contribution in [1.82, 2.24) is 4.90 Å². The molecule has 1 heterocycles. The van der Waals surface area contributed by atoms with E-state index < -0.39 is 12.1 Å². The van der Waals surface area contributed by atoms with Crippen molar-refractivity contribution < 1.29 is 23.8 Å². The van der Waals surface area contributed by atoms with Crippen molar-refractivity contribution in [1.29, 1.82) is 0 Å². The molecule has 0 spiro atoms. The number of aliphatic hydroxyl groups is 1. The maximum absolute atomic E-state index is 13.6. The molecule has 0 saturated carbocycles. The number of methoxy groups -OCH3 is 2. The fraction of sp³-hybridized carbons (Fsp3) is 0.316. The zero-order chi connectivity index (χ0) is 18.0. The van der Waals surface area contributed by atoms with Crippen LogP contribution < -0.4 is 9.47 Å². The van der Waals surface area contributed by atoms with E-state index in [9.17, 15) is 14.3 Å². The summed E-state index contributed by atoms with van der Waals surface area (Å²) in [7, 11) is 2.97. The summed E-state index contributed by atoms with van der Waals surface area (Å²) in [5.74, 6) is 0.136. The van der Waals surface area contributed by atoms with Crippen LogP contribution in [-0.4, -0.2) is 42.8 Å². The van der Waals surface area contributed by atoms with Crippen molar-refractivity contribution in [2.75, 3.05) is 20.8 Å². The number of hydrogen-bond donors (Lipinski definition) is 1. The number of nitrogens with zero attached hydrogens (tertiary/aromatic N) is 1. The zero-order valence-electron chi connectivity index (χ0n) is 14.1. The molecule has 2 aromatic rings. The predicted molar refractivity (Wildman–Crippen MR) is 90.3 cm³/mol. The standard InChI is InChI=1S/C19H20FNO4/c1-24-17-8-4-7-15(18(17)25-2)19(23)21-11-14(22)10-16(21)12-5-3-6-13(20)9-12/h3-9,14,16,22H,10-11H2,1-2H3/t14-,16-/m0/s1. The number of carbonyl (C=O) groups excluding carboxylic acids is 1. The van der Waals surface area contributed by atoms with Gasteiger partial charge in [0.05, 0.1) is 31.9 Å². The second kappa shape index (κ2) is 7.11. The van der Waals surface area contributed by atoms with E-state index in [1.165, 1.54) is 26.4 Å². The first-order valence-corrected chi connectivity index (χ1v) is 8.00. The summed E-state index contributed by atoms with van der Waals surface area (Å²) in [6.07, 6.45) is -0.296. The molecule has 1 N–H and O–H groups in total. The molecule has 0 unspecified atom stereocenters. The van der Waals surface area contributed by atoms with Crippen molar-refractivity contribution in [3.05, 3.63) is 59.4 Å². The van der Waals surface area contributed by atoms with Crippen molar-refractivity contribution in [3.63, 3.8) is 0 Å². The van der Waals surface area contributed by atoms with Crippen LogP contribution in [0, 0.1) is 5.82 Å². The van der Waals surface area contributed by atoms with Crippen LogP contribution in [-0.2, 0) is 0 Å². The highest BCUT2D eigenvalue weighted by Crippen LogP contribution is 2.37. The fourth-order valence-electron chi connectivity index (χ4n) is 3.28. The Kier molecular flexibility index (Phi) is 4.90. The molecule has 2 aromatic carbocycles. The van der Waals surface area contributed by atoms with Gasteiger partial charge >= 0.3 is 0 Å². The van der Waals surface area contributed by atoms with E-state index in [0.717, 1.165) is 0 Å². The number of amides is 1. The van der Waals surface area contributed by atoms with Crippen LogP contribution in [0.1, 0.15) is 28.4 Å². The lowest BCUT2D eigenvalue weighted by atomic mass is 10.0. The predicted octanol–water partition coefficient (Wildman–Crippen LogP) is 2.79. The maximum atomic E-state index is 13.6. The van der Waals surface area contributed by atoms with Crippen molar-refractivity contribution in [3.8, 4) is 11.5 Å². The first-order chi connectivity index (χ1) is 12.0. The van der Waals surface area contributed by atoms with E-state index >= 15 is 0 Å². The van der Waals surface area contributed by atoms with Crippen molar-refractivity contribution in [2.24, 2.45) is 0 Å². The van der Waals surface area contributed by atoms with Crippen LogP contribution in [0.5, 0.6) is 11.5 Å². The summed E-state index contributed by atoms with van der Waals surface area (Å²) in [4.78, 5) is 14.6. The largest absolute Gasteiger partial charge is 0.493 e. The minimum Gasteiger partial charge on any atom is -0.493 e. The average molecular weight is 345 g/mol. The molecule has 1 aliphatic rings. The van der Waals surface area contributed by atoms with Gasteiger partial charge in [0.25, 0.3) is 5.91 Å². The molecule has 25 heavy (non-hydrogen) atoms. The van der Waals surface area contributed by atoms with E-state index in [2.05, 4.69) is 0 Å². The second-order valence-electron chi connectivity index (χ2n) is 5.96. The lowest BCUT2D eigenvalue weighted by Gasteiger charge is -2.26. The zero-order valence-corrected chi connectivity index (χ0v) is 14.1. The summed E-state index contributed by atoms with van der Waals surface area (Å²) >= 11 is 0. The van der Waals surface area contributed by atoms with E-state index in [-0.39, 0.29) is 18.3 Å². The monoisotopic (exact) mass is 345 g/mol. The first kappa shape index (κ1) is 17.2. The van der Waals surface area contributed by atoms with Gasteiger partial charge in [-0.25, -0.2) is 4.39 Å². The molecule has 0 bridgehead atoms. The number of para-hydroxylation sites is 1. The molecule has 0 aliphatic carbocycles. The van der Waals surface area contributed by atoms with Crippen LogP contribution in [0.4, 0.5) is 4.39 Å². The average Bonchev–Trinajstić information content (AvgIpc) is 3.02. The Morgan fingerprint density at radius 3 is 2.64 bits per heavy atom. The summed E-state index contributed by atoms with van der Waals surface area (Å²) in [5, 5.41) is 10.1. The topological polar surface area (TPSA) is 59.0 Å². The molecule has 1 fully saturated rings. The molecular weight excluding hydrogens is 325 g/mol. The van der Waals surface area contributed by atoms with Gasteiger partial charge in [0, 0.05) is 6.54 Å². The Bertz CT molecular complexity index is 780. The Morgan fingerprint density at radius 2 is 1.96 bits per heavy atom. The number of likely N-dealkylation sites (tertiary alicyclic amines) is 1. The minimum atomic E-state index is -0.658. The molecule has 0 radical (unpaired) electrons. The highest BCUT2D eigenvalue weighted by molar-refractivity contribution is 5.98. The highest BCUT2D eigenvalue weighted by atomic mass is 19.1. The third-order valence-corrected chi connectivity index (χ3v) is 4.41. The van der Waals surface area contributed by atoms with Crippen LogP contribution in [0.25, 0.3) is 0 Å². The van der Waals surface area contributed by atoms with Gasteiger partial charge in [-0.15, -0.1) is 0 Å². The van der Waals surface area contributed by atoms with E-state index in [0.29, 0.717) is 29.0 Å². The van der Waals surface area contributed by atoms with Gasteiger partial charge in [-0.2, -0.15) is 0 Å². The molecule has 5 nitrogen and oxygen atoms in total. The Labute approximate surface area is 145 Å². The molecule has 3 rings (SSSR count). The molecule has 1 saturated heterocycles. The summed E-state index contributed by atoms with van der Waals surface area (Å²) in [5.41, 5.74) is 1.00. The molecule has 1 amide bonds. The fourth-order valence-corrected chi connectivity index (χ4v) is 3.28. The van der Waals surface area contributed by atoms with Crippen molar-refractivity contribution in [2.45, 2.75) is 18.6 Å². The number of carbonyl (C=O) groups is 1. The van der Waals surface area contributed by atoms with E-state index in [1.54, 1.807) is 35.2 Å². The van der Waals surface area contributed by atoms with Gasteiger partial charge in [0.1, 0.15) is 5.82 Å². The third kappa shape index (κ3) is 3.30. The Hall–Kier alpha value is -2.60. The quantitative estimate of drug-likeness (QED) is 0.926. The molecule has 2 atom stereocenters.